The summed E-state index contributed by atoms with van der Waals surface area (Å²) in [7, 11) is 1.37. The summed E-state index contributed by atoms with van der Waals surface area (Å²) in [5.41, 5.74) is 5.89. The van der Waals surface area contributed by atoms with Gasteiger partial charge in [0, 0.05) is 6.04 Å². The zero-order valence-electron chi connectivity index (χ0n) is 9.02. The molecule has 1 fully saturated rings. The normalized spacial score (nSPS) is 27.7. The Balaban J connectivity index is 0.00000196. The Morgan fingerprint density at radius 2 is 2.00 bits per heavy atom. The van der Waals surface area contributed by atoms with E-state index >= 15 is 0 Å². The molecule has 1 aliphatic rings. The van der Waals surface area contributed by atoms with Gasteiger partial charge in [-0.15, -0.1) is 12.4 Å². The summed E-state index contributed by atoms with van der Waals surface area (Å²) in [4.78, 5) is 11.0. The third-order valence-electron chi connectivity index (χ3n) is 2.98. The van der Waals surface area contributed by atoms with Gasteiger partial charge in [0.2, 0.25) is 0 Å². The maximum Gasteiger partial charge on any atom is 0.307 e. The molecule has 1 aliphatic carbocycles. The first-order chi connectivity index (χ1) is 6.63. The fourth-order valence-corrected chi connectivity index (χ4v) is 1.97. The van der Waals surface area contributed by atoms with E-state index in [0.717, 1.165) is 25.7 Å². The van der Waals surface area contributed by atoms with Crippen LogP contribution < -0.4 is 5.73 Å². The van der Waals surface area contributed by atoms with E-state index < -0.39 is 0 Å². The summed E-state index contributed by atoms with van der Waals surface area (Å²) < 4.78 is 4.56. The number of methoxy groups -OCH3 is 1. The maximum absolute atomic E-state index is 11.0. The molecule has 15 heavy (non-hydrogen) atoms. The Bertz CT molecular complexity index is 193. The van der Waals surface area contributed by atoms with Crippen LogP contribution in [-0.2, 0) is 9.53 Å². The molecule has 90 valence electrons. The second kappa shape index (κ2) is 7.04. The Kier molecular flexibility index (Phi) is 6.89. The molecular weight excluding hydrogens is 218 g/mol. The van der Waals surface area contributed by atoms with E-state index in [0.29, 0.717) is 5.92 Å². The van der Waals surface area contributed by atoms with E-state index in [1.54, 1.807) is 0 Å². The van der Waals surface area contributed by atoms with Crippen molar-refractivity contribution in [3.05, 3.63) is 0 Å². The number of hydrogen-bond donors (Lipinski definition) is 2. The highest BCUT2D eigenvalue weighted by atomic mass is 35.5. The van der Waals surface area contributed by atoms with Gasteiger partial charge in [-0.3, -0.25) is 4.79 Å². The summed E-state index contributed by atoms with van der Waals surface area (Å²) >= 11 is 0. The van der Waals surface area contributed by atoms with Crippen LogP contribution in [0, 0.1) is 5.92 Å². The number of hydrogen-bond acceptors (Lipinski definition) is 4. The highest BCUT2D eigenvalue weighted by molar-refractivity contribution is 5.85. The van der Waals surface area contributed by atoms with E-state index in [9.17, 15) is 9.90 Å². The topological polar surface area (TPSA) is 72.5 Å². The average Bonchev–Trinajstić information content (AvgIpc) is 2.18. The molecule has 0 bridgehead atoms. The summed E-state index contributed by atoms with van der Waals surface area (Å²) in [6.07, 6.45) is 3.56. The molecule has 0 aromatic carbocycles. The van der Waals surface area contributed by atoms with Gasteiger partial charge in [0.15, 0.2) is 0 Å². The van der Waals surface area contributed by atoms with Gasteiger partial charge in [-0.05, 0) is 31.6 Å². The van der Waals surface area contributed by atoms with E-state index in [1.165, 1.54) is 7.11 Å². The van der Waals surface area contributed by atoms with Crippen molar-refractivity contribution >= 4 is 18.4 Å². The molecule has 4 nitrogen and oxygen atoms in total. The molecular formula is C10H20ClNO3. The average molecular weight is 238 g/mol. The van der Waals surface area contributed by atoms with Crippen LogP contribution in [0.2, 0.25) is 0 Å². The van der Waals surface area contributed by atoms with Crippen LogP contribution in [0.3, 0.4) is 0 Å². The lowest BCUT2D eigenvalue weighted by molar-refractivity contribution is -0.141. The van der Waals surface area contributed by atoms with Crippen molar-refractivity contribution in [3.63, 3.8) is 0 Å². The number of nitrogens with two attached hydrogens (primary N) is 1. The monoisotopic (exact) mass is 237 g/mol. The molecule has 0 spiro atoms. The standard InChI is InChI=1S/C10H19NO3.ClH/c1-14-10(13)6-9(11)7-2-4-8(12)5-3-7;/h7-9,12H,2-6,11H2,1H3;1H. The van der Waals surface area contributed by atoms with Crippen molar-refractivity contribution in [1.29, 1.82) is 0 Å². The molecule has 1 atom stereocenters. The first kappa shape index (κ1) is 14.7. The number of aliphatic hydroxyl groups is 1. The number of aliphatic hydroxyl groups excluding tert-OH is 1. The summed E-state index contributed by atoms with van der Waals surface area (Å²) in [5, 5.41) is 9.30. The lowest BCUT2D eigenvalue weighted by Gasteiger charge is -2.29. The smallest absolute Gasteiger partial charge is 0.307 e. The minimum atomic E-state index is -0.247. The summed E-state index contributed by atoms with van der Waals surface area (Å²) in [5.74, 6) is 0.112. The Labute approximate surface area is 96.6 Å². The molecule has 0 radical (unpaired) electrons. The van der Waals surface area contributed by atoms with E-state index in [2.05, 4.69) is 4.74 Å². The number of halogens is 1. The number of rotatable bonds is 3. The van der Waals surface area contributed by atoms with Gasteiger partial charge in [0.1, 0.15) is 0 Å². The Morgan fingerprint density at radius 3 is 2.47 bits per heavy atom. The van der Waals surface area contributed by atoms with Crippen LogP contribution in [0.15, 0.2) is 0 Å². The second-order valence-electron chi connectivity index (χ2n) is 4.01. The van der Waals surface area contributed by atoms with Crippen molar-refractivity contribution in [1.82, 2.24) is 0 Å². The number of ether oxygens (including phenoxy) is 1. The first-order valence-electron chi connectivity index (χ1n) is 5.14. The van der Waals surface area contributed by atoms with Crippen LogP contribution in [0.5, 0.6) is 0 Å². The van der Waals surface area contributed by atoms with Crippen molar-refractivity contribution in [2.45, 2.75) is 44.2 Å². The van der Waals surface area contributed by atoms with Crippen LogP contribution in [0.1, 0.15) is 32.1 Å². The van der Waals surface area contributed by atoms with Crippen LogP contribution in [-0.4, -0.2) is 30.3 Å². The van der Waals surface area contributed by atoms with Crippen LogP contribution in [0.25, 0.3) is 0 Å². The third kappa shape index (κ3) is 4.82. The van der Waals surface area contributed by atoms with Crippen molar-refractivity contribution in [2.24, 2.45) is 11.7 Å². The predicted molar refractivity (Wildman–Crippen MR) is 59.8 cm³/mol. The molecule has 0 aromatic rings. The van der Waals surface area contributed by atoms with Gasteiger partial charge in [0.25, 0.3) is 0 Å². The van der Waals surface area contributed by atoms with Gasteiger partial charge >= 0.3 is 5.97 Å². The third-order valence-corrected chi connectivity index (χ3v) is 2.98. The molecule has 3 N–H and O–H groups in total. The van der Waals surface area contributed by atoms with Gasteiger partial charge < -0.3 is 15.6 Å². The number of carbonyl (C=O) groups is 1. The van der Waals surface area contributed by atoms with Crippen LogP contribution >= 0.6 is 12.4 Å². The van der Waals surface area contributed by atoms with Gasteiger partial charge in [-0.2, -0.15) is 0 Å². The van der Waals surface area contributed by atoms with E-state index in [-0.39, 0.29) is 36.9 Å². The lowest BCUT2D eigenvalue weighted by Crippen LogP contribution is -2.36. The van der Waals surface area contributed by atoms with Gasteiger partial charge in [0.05, 0.1) is 19.6 Å². The highest BCUT2D eigenvalue weighted by Gasteiger charge is 2.25. The van der Waals surface area contributed by atoms with E-state index in [4.69, 9.17) is 5.73 Å². The minimum absolute atomic E-state index is 0. The fraction of sp³-hybridized carbons (Fsp3) is 0.900. The van der Waals surface area contributed by atoms with Crippen LogP contribution in [0.4, 0.5) is 0 Å². The molecule has 0 aliphatic heterocycles. The van der Waals surface area contributed by atoms with Crippen molar-refractivity contribution in [2.75, 3.05) is 7.11 Å². The molecule has 1 saturated carbocycles. The fourth-order valence-electron chi connectivity index (χ4n) is 1.97. The Hall–Kier alpha value is -0.320. The minimum Gasteiger partial charge on any atom is -0.469 e. The molecule has 0 amide bonds. The molecule has 1 unspecified atom stereocenters. The SMILES string of the molecule is COC(=O)CC(N)C1CCC(O)CC1.Cl. The highest BCUT2D eigenvalue weighted by Crippen LogP contribution is 2.27. The predicted octanol–water partition coefficient (Wildman–Crippen LogP) is 0.850. The molecule has 0 heterocycles. The molecule has 0 aromatic heterocycles. The zero-order valence-corrected chi connectivity index (χ0v) is 9.83. The van der Waals surface area contributed by atoms with Crippen molar-refractivity contribution in [3.8, 4) is 0 Å². The van der Waals surface area contributed by atoms with Gasteiger partial charge in [-0.1, -0.05) is 0 Å². The van der Waals surface area contributed by atoms with E-state index in [1.807, 2.05) is 0 Å². The Morgan fingerprint density at radius 1 is 1.47 bits per heavy atom. The van der Waals surface area contributed by atoms with Crippen molar-refractivity contribution < 1.29 is 14.6 Å². The zero-order chi connectivity index (χ0) is 10.6. The quantitative estimate of drug-likeness (QED) is 0.714. The molecule has 5 heteroatoms. The molecule has 1 rings (SSSR count). The maximum atomic E-state index is 11.0. The summed E-state index contributed by atoms with van der Waals surface area (Å²) in [6, 6.07) is -0.116. The van der Waals surface area contributed by atoms with Gasteiger partial charge in [-0.25, -0.2) is 0 Å². The number of esters is 1. The first-order valence-corrected chi connectivity index (χ1v) is 5.14. The molecule has 0 saturated heterocycles. The largest absolute Gasteiger partial charge is 0.469 e. The summed E-state index contributed by atoms with van der Waals surface area (Å²) in [6.45, 7) is 0. The number of carbonyl (C=O) groups excluding carboxylic acids is 1. The second-order valence-corrected chi connectivity index (χ2v) is 4.01. The lowest BCUT2D eigenvalue weighted by atomic mass is 9.82.